The van der Waals surface area contributed by atoms with Crippen LogP contribution in [0, 0.1) is 0 Å². The van der Waals surface area contributed by atoms with E-state index >= 15 is 0 Å². The summed E-state index contributed by atoms with van der Waals surface area (Å²) < 4.78 is 31.2. The third-order valence-electron chi connectivity index (χ3n) is 4.41. The average molecular weight is 447 g/mol. The van der Waals surface area contributed by atoms with Crippen LogP contribution in [0.2, 0.25) is 5.02 Å². The Balaban J connectivity index is 1.82. The molecule has 9 heteroatoms. The number of hydrogen-bond acceptors (Lipinski definition) is 4. The SMILES string of the molecule is CN(C)[SH+](=O)c1ccc(S(=O)Nc2cccc(Cl)c2N2CCCCCC2)s1. The van der Waals surface area contributed by atoms with E-state index in [0.717, 1.165) is 41.5 Å². The molecule has 148 valence electrons. The van der Waals surface area contributed by atoms with Gasteiger partial charge in [0.25, 0.3) is 0 Å². The van der Waals surface area contributed by atoms with Crippen molar-refractivity contribution in [1.82, 2.24) is 4.31 Å². The molecule has 1 fully saturated rings. The number of halogens is 1. The predicted octanol–water partition coefficient (Wildman–Crippen LogP) is 4.45. The Bertz CT molecular complexity index is 833. The van der Waals surface area contributed by atoms with E-state index in [4.69, 9.17) is 11.6 Å². The van der Waals surface area contributed by atoms with Crippen molar-refractivity contribution in [2.24, 2.45) is 0 Å². The lowest BCUT2D eigenvalue weighted by Gasteiger charge is -2.26. The van der Waals surface area contributed by atoms with Crippen LogP contribution >= 0.6 is 22.9 Å². The Labute approximate surface area is 174 Å². The van der Waals surface area contributed by atoms with E-state index in [0.29, 0.717) is 9.23 Å². The lowest BCUT2D eigenvalue weighted by Crippen LogP contribution is -2.25. The summed E-state index contributed by atoms with van der Waals surface area (Å²) in [4.78, 5) is 2.29. The molecule has 1 aliphatic rings. The maximum Gasteiger partial charge on any atom is 0.230 e. The highest BCUT2D eigenvalue weighted by molar-refractivity contribution is 7.90. The Morgan fingerprint density at radius 1 is 1.15 bits per heavy atom. The highest BCUT2D eigenvalue weighted by Crippen LogP contribution is 2.36. The molecule has 1 aromatic heterocycles. The van der Waals surface area contributed by atoms with E-state index in [9.17, 15) is 8.42 Å². The minimum Gasteiger partial charge on any atom is -0.369 e. The van der Waals surface area contributed by atoms with Gasteiger partial charge < -0.3 is 4.90 Å². The van der Waals surface area contributed by atoms with Gasteiger partial charge in [0, 0.05) is 33.3 Å². The number of hydrogen-bond donors (Lipinski definition) is 1. The number of thiophene rings is 1. The van der Waals surface area contributed by atoms with Crippen molar-refractivity contribution in [2.45, 2.75) is 34.1 Å². The standard InChI is InChI=1S/C18H24ClN3O2S3/c1-21(2)27(24)17-11-10-16(25-17)26(23)20-15-9-7-8-14(19)18(15)22-12-5-3-4-6-13-22/h7-11,20H,3-6,12-13H2,1-2H3/p+1. The number of benzene rings is 1. The maximum absolute atomic E-state index is 12.9. The van der Waals surface area contributed by atoms with E-state index in [1.807, 2.05) is 18.2 Å². The van der Waals surface area contributed by atoms with Crippen LogP contribution in [0.3, 0.4) is 0 Å². The number of thiol groups is 1. The molecule has 3 rings (SSSR count). The summed E-state index contributed by atoms with van der Waals surface area (Å²) in [6, 6.07) is 9.22. The van der Waals surface area contributed by atoms with Crippen molar-refractivity contribution < 1.29 is 8.42 Å². The molecule has 0 bridgehead atoms. The number of para-hydroxylation sites is 1. The molecule has 5 nitrogen and oxygen atoms in total. The Kier molecular flexibility index (Phi) is 7.33. The Morgan fingerprint density at radius 2 is 1.85 bits per heavy atom. The molecule has 1 saturated heterocycles. The average Bonchev–Trinajstić information content (AvgIpc) is 2.98. The normalized spacial score (nSPS) is 17.6. The van der Waals surface area contributed by atoms with E-state index in [1.54, 1.807) is 30.5 Å². The second-order valence-electron chi connectivity index (χ2n) is 6.62. The van der Waals surface area contributed by atoms with Crippen molar-refractivity contribution in [3.8, 4) is 0 Å². The first-order valence-corrected chi connectivity index (χ1v) is 12.5. The molecule has 2 unspecified atom stereocenters. The lowest BCUT2D eigenvalue weighted by molar-refractivity contribution is 0.549. The summed E-state index contributed by atoms with van der Waals surface area (Å²) in [5.74, 6) is 0. The van der Waals surface area contributed by atoms with Gasteiger partial charge in [-0.3, -0.25) is 4.72 Å². The van der Waals surface area contributed by atoms with Gasteiger partial charge in [0.2, 0.25) is 4.21 Å². The number of nitrogens with one attached hydrogen (secondary N) is 1. The van der Waals surface area contributed by atoms with Gasteiger partial charge in [-0.05, 0) is 31.0 Å². The van der Waals surface area contributed by atoms with Crippen LogP contribution < -0.4 is 9.62 Å². The van der Waals surface area contributed by atoms with Gasteiger partial charge in [0.15, 0.2) is 22.0 Å². The van der Waals surface area contributed by atoms with Crippen LogP contribution in [0.1, 0.15) is 25.7 Å². The van der Waals surface area contributed by atoms with Crippen molar-refractivity contribution in [3.05, 3.63) is 35.4 Å². The van der Waals surface area contributed by atoms with Gasteiger partial charge >= 0.3 is 0 Å². The molecule has 0 aliphatic carbocycles. The highest BCUT2D eigenvalue weighted by atomic mass is 35.5. The summed E-state index contributed by atoms with van der Waals surface area (Å²) >= 11 is 7.81. The third kappa shape index (κ3) is 5.12. The smallest absolute Gasteiger partial charge is 0.230 e. The molecule has 0 radical (unpaired) electrons. The molecule has 0 amide bonds. The second-order valence-corrected chi connectivity index (χ2v) is 11.7. The molecule has 27 heavy (non-hydrogen) atoms. The minimum absolute atomic E-state index is 0.650. The quantitative estimate of drug-likeness (QED) is 0.526. The molecule has 1 aliphatic heterocycles. The monoisotopic (exact) mass is 446 g/mol. The Hall–Kier alpha value is -0.930. The molecule has 1 N–H and O–H groups in total. The minimum atomic E-state index is -1.61. The number of anilines is 2. The number of rotatable bonds is 6. The van der Waals surface area contributed by atoms with Gasteiger partial charge in [-0.2, -0.15) is 0 Å². The van der Waals surface area contributed by atoms with Crippen LogP contribution in [0.15, 0.2) is 38.8 Å². The highest BCUT2D eigenvalue weighted by Gasteiger charge is 2.21. The van der Waals surface area contributed by atoms with Gasteiger partial charge in [0.1, 0.15) is 4.21 Å². The maximum atomic E-state index is 12.9. The van der Waals surface area contributed by atoms with Gasteiger partial charge in [-0.25, -0.2) is 4.21 Å². The zero-order chi connectivity index (χ0) is 19.4. The van der Waals surface area contributed by atoms with E-state index in [2.05, 4.69) is 9.62 Å². The second kappa shape index (κ2) is 9.52. The van der Waals surface area contributed by atoms with Crippen LogP contribution in [0.25, 0.3) is 0 Å². The first-order chi connectivity index (χ1) is 13.0. The Morgan fingerprint density at radius 3 is 2.52 bits per heavy atom. The summed E-state index contributed by atoms with van der Waals surface area (Å²) in [5, 5.41) is 0.668. The van der Waals surface area contributed by atoms with Crippen molar-refractivity contribution >= 4 is 56.3 Å². The van der Waals surface area contributed by atoms with E-state index in [1.165, 1.54) is 24.2 Å². The van der Waals surface area contributed by atoms with Crippen LogP contribution in [-0.4, -0.2) is 35.7 Å². The molecular weight excluding hydrogens is 422 g/mol. The summed E-state index contributed by atoms with van der Waals surface area (Å²) in [6.07, 6.45) is 4.74. The molecule has 0 saturated carbocycles. The summed E-state index contributed by atoms with van der Waals surface area (Å²) in [5.41, 5.74) is 1.69. The fourth-order valence-electron chi connectivity index (χ4n) is 3.07. The van der Waals surface area contributed by atoms with Crippen LogP contribution in [0.5, 0.6) is 0 Å². The summed E-state index contributed by atoms with van der Waals surface area (Å²) in [7, 11) is 0.494. The van der Waals surface area contributed by atoms with Gasteiger partial charge in [-0.1, -0.05) is 46.1 Å². The zero-order valence-corrected chi connectivity index (χ0v) is 18.8. The molecule has 1 aromatic carbocycles. The molecule has 0 spiro atoms. The van der Waals surface area contributed by atoms with Crippen molar-refractivity contribution in [2.75, 3.05) is 36.8 Å². The predicted molar refractivity (Wildman–Crippen MR) is 118 cm³/mol. The largest absolute Gasteiger partial charge is 0.369 e. The fourth-order valence-corrected chi connectivity index (χ4v) is 7.08. The third-order valence-corrected chi connectivity index (χ3v) is 9.01. The van der Waals surface area contributed by atoms with E-state index in [-0.39, 0.29) is 0 Å². The first-order valence-electron chi connectivity index (χ1n) is 8.93. The van der Waals surface area contributed by atoms with Crippen molar-refractivity contribution in [3.63, 3.8) is 0 Å². The molecule has 2 aromatic rings. The van der Waals surface area contributed by atoms with Gasteiger partial charge in [-0.15, -0.1) is 4.31 Å². The first kappa shape index (κ1) is 20.8. The van der Waals surface area contributed by atoms with Crippen LogP contribution in [-0.2, 0) is 26.2 Å². The molecule has 2 atom stereocenters. The topological polar surface area (TPSA) is 52.7 Å². The van der Waals surface area contributed by atoms with Crippen molar-refractivity contribution in [1.29, 1.82) is 0 Å². The summed E-state index contributed by atoms with van der Waals surface area (Å²) in [6.45, 7) is 1.91. The molecule has 2 heterocycles. The van der Waals surface area contributed by atoms with Crippen LogP contribution in [0.4, 0.5) is 11.4 Å². The van der Waals surface area contributed by atoms with Gasteiger partial charge in [0.05, 0.1) is 16.4 Å². The number of nitrogens with zero attached hydrogens (tertiary/aromatic N) is 2. The van der Waals surface area contributed by atoms with E-state index < -0.39 is 22.0 Å². The molecular formula is C18H25ClN3O2S3+. The fraction of sp³-hybridized carbons (Fsp3) is 0.444. The lowest BCUT2D eigenvalue weighted by atomic mass is 10.2. The zero-order valence-electron chi connectivity index (χ0n) is 15.5.